The molecular formula is C15H17NO2S. The lowest BCUT2D eigenvalue weighted by molar-refractivity contribution is 0.538. The van der Waals surface area contributed by atoms with Crippen LogP contribution in [0.4, 0.5) is 0 Å². The highest BCUT2D eigenvalue weighted by atomic mass is 32.2. The summed E-state index contributed by atoms with van der Waals surface area (Å²) >= 11 is 0. The molecule has 0 radical (unpaired) electrons. The highest BCUT2D eigenvalue weighted by molar-refractivity contribution is 7.89. The summed E-state index contributed by atoms with van der Waals surface area (Å²) in [6, 6.07) is 13.1. The van der Waals surface area contributed by atoms with Crippen LogP contribution in [0.2, 0.25) is 0 Å². The highest BCUT2D eigenvalue weighted by Crippen LogP contribution is 2.33. The molecule has 2 aromatic rings. The molecule has 0 unspecified atom stereocenters. The second kappa shape index (κ2) is 4.62. The Morgan fingerprint density at radius 2 is 1.79 bits per heavy atom. The van der Waals surface area contributed by atoms with Crippen LogP contribution in [0.5, 0.6) is 0 Å². The highest BCUT2D eigenvalue weighted by Gasteiger charge is 2.31. The summed E-state index contributed by atoms with van der Waals surface area (Å²) in [7, 11) is -3.41. The lowest BCUT2D eigenvalue weighted by Gasteiger charge is -2.13. The minimum absolute atomic E-state index is 0.0245. The zero-order valence-corrected chi connectivity index (χ0v) is 11.7. The first-order chi connectivity index (χ1) is 9.06. The van der Waals surface area contributed by atoms with Gasteiger partial charge in [-0.05, 0) is 48.6 Å². The molecule has 1 saturated carbocycles. The second-order valence-corrected chi connectivity index (χ2v) is 6.97. The van der Waals surface area contributed by atoms with Crippen molar-refractivity contribution in [2.45, 2.75) is 30.7 Å². The molecule has 0 aliphatic heterocycles. The van der Waals surface area contributed by atoms with Gasteiger partial charge in [-0.25, -0.2) is 13.1 Å². The summed E-state index contributed by atoms with van der Waals surface area (Å²) in [5.41, 5.74) is 0. The van der Waals surface area contributed by atoms with Gasteiger partial charge in [0.1, 0.15) is 0 Å². The van der Waals surface area contributed by atoms with Gasteiger partial charge in [-0.15, -0.1) is 0 Å². The largest absolute Gasteiger partial charge is 0.240 e. The van der Waals surface area contributed by atoms with E-state index in [1.54, 1.807) is 12.1 Å². The van der Waals surface area contributed by atoms with Gasteiger partial charge in [0, 0.05) is 6.04 Å². The van der Waals surface area contributed by atoms with Gasteiger partial charge in [-0.1, -0.05) is 30.3 Å². The van der Waals surface area contributed by atoms with E-state index in [0.29, 0.717) is 10.8 Å². The molecule has 1 fully saturated rings. The maximum absolute atomic E-state index is 12.3. The van der Waals surface area contributed by atoms with Gasteiger partial charge >= 0.3 is 0 Å². The molecule has 0 bridgehead atoms. The lowest BCUT2D eigenvalue weighted by Crippen LogP contribution is -2.33. The molecule has 0 saturated heterocycles. The number of hydrogen-bond acceptors (Lipinski definition) is 2. The topological polar surface area (TPSA) is 46.2 Å². The third-order valence-electron chi connectivity index (χ3n) is 3.70. The third-order valence-corrected chi connectivity index (χ3v) is 5.26. The fourth-order valence-electron chi connectivity index (χ4n) is 2.34. The third kappa shape index (κ3) is 2.65. The molecule has 1 aliphatic carbocycles. The summed E-state index contributed by atoms with van der Waals surface area (Å²) in [5.74, 6) is 0.509. The molecule has 4 heteroatoms. The summed E-state index contributed by atoms with van der Waals surface area (Å²) < 4.78 is 27.4. The molecule has 1 aliphatic rings. The van der Waals surface area contributed by atoms with Crippen LogP contribution in [0.15, 0.2) is 47.4 Å². The molecule has 3 nitrogen and oxygen atoms in total. The predicted octanol–water partition coefficient (Wildman–Crippen LogP) is 2.92. The van der Waals surface area contributed by atoms with Crippen LogP contribution in [-0.2, 0) is 10.0 Å². The Morgan fingerprint density at radius 1 is 1.11 bits per heavy atom. The van der Waals surface area contributed by atoms with Crippen molar-refractivity contribution in [3.8, 4) is 0 Å². The molecule has 2 aromatic carbocycles. The van der Waals surface area contributed by atoms with Crippen LogP contribution < -0.4 is 4.72 Å². The van der Waals surface area contributed by atoms with Crippen LogP contribution >= 0.6 is 0 Å². The van der Waals surface area contributed by atoms with Crippen molar-refractivity contribution in [2.75, 3.05) is 0 Å². The molecule has 100 valence electrons. The van der Waals surface area contributed by atoms with Crippen molar-refractivity contribution in [3.05, 3.63) is 42.5 Å². The normalized spacial score (nSPS) is 17.5. The molecule has 0 spiro atoms. The maximum Gasteiger partial charge on any atom is 0.240 e. The van der Waals surface area contributed by atoms with Crippen molar-refractivity contribution in [2.24, 2.45) is 5.92 Å². The molecular weight excluding hydrogens is 258 g/mol. The first-order valence-electron chi connectivity index (χ1n) is 6.57. The first-order valence-corrected chi connectivity index (χ1v) is 8.06. The number of rotatable bonds is 4. The van der Waals surface area contributed by atoms with Gasteiger partial charge in [0.15, 0.2) is 0 Å². The minimum atomic E-state index is -3.41. The van der Waals surface area contributed by atoms with E-state index in [0.717, 1.165) is 23.6 Å². The Morgan fingerprint density at radius 3 is 2.47 bits per heavy atom. The Balaban J connectivity index is 1.93. The minimum Gasteiger partial charge on any atom is -0.208 e. The Labute approximate surface area is 113 Å². The van der Waals surface area contributed by atoms with Crippen molar-refractivity contribution in [1.82, 2.24) is 4.72 Å². The van der Waals surface area contributed by atoms with E-state index in [1.807, 2.05) is 37.3 Å². The average molecular weight is 275 g/mol. The van der Waals surface area contributed by atoms with Crippen molar-refractivity contribution < 1.29 is 8.42 Å². The van der Waals surface area contributed by atoms with Gasteiger partial charge < -0.3 is 0 Å². The van der Waals surface area contributed by atoms with Gasteiger partial charge in [0.05, 0.1) is 4.90 Å². The van der Waals surface area contributed by atoms with E-state index in [-0.39, 0.29) is 6.04 Å². The molecule has 0 heterocycles. The van der Waals surface area contributed by atoms with E-state index >= 15 is 0 Å². The molecule has 3 rings (SSSR count). The second-order valence-electron chi connectivity index (χ2n) is 5.26. The monoisotopic (exact) mass is 275 g/mol. The number of hydrogen-bond donors (Lipinski definition) is 1. The Hall–Kier alpha value is -1.39. The quantitative estimate of drug-likeness (QED) is 0.932. The summed E-state index contributed by atoms with van der Waals surface area (Å²) in [5, 5.41) is 2.00. The van der Waals surface area contributed by atoms with Crippen LogP contribution in [-0.4, -0.2) is 14.5 Å². The van der Waals surface area contributed by atoms with E-state index in [9.17, 15) is 8.42 Å². The van der Waals surface area contributed by atoms with Crippen molar-refractivity contribution in [3.63, 3.8) is 0 Å². The molecule has 19 heavy (non-hydrogen) atoms. The summed E-state index contributed by atoms with van der Waals surface area (Å²) in [6.07, 6.45) is 2.25. The Bertz CT molecular complexity index is 705. The van der Waals surface area contributed by atoms with E-state index in [1.165, 1.54) is 0 Å². The number of fused-ring (bicyclic) bond motifs is 1. The smallest absolute Gasteiger partial charge is 0.208 e. The average Bonchev–Trinajstić information content (AvgIpc) is 3.22. The molecule has 1 atom stereocenters. The van der Waals surface area contributed by atoms with Crippen LogP contribution in [0.1, 0.15) is 19.8 Å². The molecule has 1 N–H and O–H groups in total. The number of sulfonamides is 1. The SMILES string of the molecule is C[C@@H](NS(=O)(=O)c1ccc2ccccc2c1)C1CC1. The zero-order chi connectivity index (χ0) is 13.5. The fraction of sp³-hybridized carbons (Fsp3) is 0.333. The fourth-order valence-corrected chi connectivity index (χ4v) is 3.69. The predicted molar refractivity (Wildman–Crippen MR) is 76.5 cm³/mol. The number of benzene rings is 2. The Kier molecular flexibility index (Phi) is 3.07. The van der Waals surface area contributed by atoms with Gasteiger partial charge in [0.25, 0.3) is 0 Å². The van der Waals surface area contributed by atoms with E-state index < -0.39 is 10.0 Å². The van der Waals surface area contributed by atoms with Crippen LogP contribution in [0, 0.1) is 5.92 Å². The van der Waals surface area contributed by atoms with Crippen LogP contribution in [0.3, 0.4) is 0 Å². The van der Waals surface area contributed by atoms with Gasteiger partial charge in [-0.3, -0.25) is 0 Å². The van der Waals surface area contributed by atoms with Gasteiger partial charge in [0.2, 0.25) is 10.0 Å². The number of nitrogens with one attached hydrogen (secondary N) is 1. The summed E-state index contributed by atoms with van der Waals surface area (Å²) in [4.78, 5) is 0.346. The maximum atomic E-state index is 12.3. The molecule has 0 aromatic heterocycles. The van der Waals surface area contributed by atoms with E-state index in [2.05, 4.69) is 4.72 Å². The summed E-state index contributed by atoms with van der Waals surface area (Å²) in [6.45, 7) is 1.94. The zero-order valence-electron chi connectivity index (χ0n) is 10.8. The van der Waals surface area contributed by atoms with Crippen molar-refractivity contribution >= 4 is 20.8 Å². The van der Waals surface area contributed by atoms with Gasteiger partial charge in [-0.2, -0.15) is 0 Å². The van der Waals surface area contributed by atoms with E-state index in [4.69, 9.17) is 0 Å². The van der Waals surface area contributed by atoms with Crippen molar-refractivity contribution in [1.29, 1.82) is 0 Å². The first kappa shape index (κ1) is 12.6. The molecule has 0 amide bonds. The lowest BCUT2D eigenvalue weighted by atomic mass is 10.1. The van der Waals surface area contributed by atoms with Crippen LogP contribution in [0.25, 0.3) is 10.8 Å². The standard InChI is InChI=1S/C15H17NO2S/c1-11(12-6-7-12)16-19(17,18)15-9-8-13-4-2-3-5-14(13)10-15/h2-5,8-12,16H,6-7H2,1H3/t11-/m1/s1.